The van der Waals surface area contributed by atoms with E-state index in [0.717, 1.165) is 67.5 Å². The Morgan fingerprint density at radius 3 is 2.21 bits per heavy atom. The van der Waals surface area contributed by atoms with Crippen LogP contribution in [-0.4, -0.2) is 59.6 Å². The molecule has 0 saturated carbocycles. The van der Waals surface area contributed by atoms with Crippen molar-refractivity contribution in [3.05, 3.63) is 101 Å². The predicted octanol–water partition coefficient (Wildman–Crippen LogP) is 5.72. The van der Waals surface area contributed by atoms with Crippen molar-refractivity contribution in [2.45, 2.75) is 34.1 Å². The van der Waals surface area contributed by atoms with Gasteiger partial charge in [0, 0.05) is 44.0 Å². The third-order valence-electron chi connectivity index (χ3n) is 7.94. The van der Waals surface area contributed by atoms with Gasteiger partial charge in [0.1, 0.15) is 11.5 Å². The van der Waals surface area contributed by atoms with Crippen LogP contribution in [0.25, 0.3) is 17.1 Å². The number of rotatable bonds is 8. The lowest BCUT2D eigenvalue weighted by Gasteiger charge is -2.37. The van der Waals surface area contributed by atoms with Crippen LogP contribution in [0.4, 0.5) is 5.69 Å². The van der Waals surface area contributed by atoms with Gasteiger partial charge in [-0.25, -0.2) is 4.98 Å². The van der Waals surface area contributed by atoms with Crippen LogP contribution in [0.2, 0.25) is 0 Å². The summed E-state index contributed by atoms with van der Waals surface area (Å²) in [6.45, 7) is 14.2. The van der Waals surface area contributed by atoms with Gasteiger partial charge in [0.05, 0.1) is 11.4 Å². The third-order valence-corrected chi connectivity index (χ3v) is 7.94. The number of benzene rings is 3. The number of para-hydroxylation sites is 1. The van der Waals surface area contributed by atoms with E-state index in [1.807, 2.05) is 49.4 Å². The Balaban J connectivity index is 1.20. The summed E-state index contributed by atoms with van der Waals surface area (Å²) in [5.74, 6) is 0.672. The Bertz CT molecular complexity index is 1430. The van der Waals surface area contributed by atoms with Crippen molar-refractivity contribution in [1.29, 1.82) is 0 Å². The molecule has 0 radical (unpaired) electrons. The van der Waals surface area contributed by atoms with E-state index in [-0.39, 0.29) is 5.91 Å². The maximum atomic E-state index is 13.3. The number of anilines is 1. The number of hydrogen-bond donors (Lipinski definition) is 1. The van der Waals surface area contributed by atoms with E-state index >= 15 is 0 Å². The van der Waals surface area contributed by atoms with Crippen LogP contribution in [0.15, 0.2) is 72.8 Å². The summed E-state index contributed by atoms with van der Waals surface area (Å²) in [5, 5.41) is 3.13. The Kier molecular flexibility index (Phi) is 8.13. The highest BCUT2D eigenvalue weighted by atomic mass is 16.1. The van der Waals surface area contributed by atoms with Crippen molar-refractivity contribution >= 4 is 11.6 Å². The highest BCUT2D eigenvalue weighted by molar-refractivity contribution is 5.94. The van der Waals surface area contributed by atoms with Gasteiger partial charge in [-0.05, 0) is 69.5 Å². The van der Waals surface area contributed by atoms with Gasteiger partial charge in [-0.2, -0.15) is 0 Å². The Morgan fingerprint density at radius 1 is 0.795 bits per heavy atom. The minimum atomic E-state index is -0.114. The van der Waals surface area contributed by atoms with Gasteiger partial charge >= 0.3 is 0 Å². The topological polar surface area (TPSA) is 53.4 Å². The van der Waals surface area contributed by atoms with E-state index in [4.69, 9.17) is 4.98 Å². The first kappa shape index (κ1) is 26.7. The molecule has 4 aromatic rings. The van der Waals surface area contributed by atoms with Crippen LogP contribution in [0.1, 0.15) is 39.3 Å². The fraction of sp³-hybridized carbons (Fsp3) is 0.333. The van der Waals surface area contributed by atoms with Crippen LogP contribution in [0.3, 0.4) is 0 Å². The van der Waals surface area contributed by atoms with E-state index in [1.54, 1.807) is 0 Å². The number of nitrogens with zero attached hydrogens (tertiary/aromatic N) is 4. The molecule has 0 unspecified atom stereocenters. The molecule has 1 aliphatic rings. The van der Waals surface area contributed by atoms with Crippen molar-refractivity contribution < 1.29 is 4.79 Å². The highest BCUT2D eigenvalue weighted by Gasteiger charge is 2.23. The maximum absolute atomic E-state index is 13.3. The molecule has 2 heterocycles. The third kappa shape index (κ3) is 5.76. The first-order valence-electron chi connectivity index (χ1n) is 14.0. The monoisotopic (exact) mass is 521 g/mol. The molecule has 3 aromatic carbocycles. The molecule has 6 heteroatoms. The molecule has 0 spiro atoms. The zero-order chi connectivity index (χ0) is 27.4. The summed E-state index contributed by atoms with van der Waals surface area (Å²) in [6, 6.07) is 24.9. The number of carbonyl (C=O) groups is 1. The average Bonchev–Trinajstić information content (AvgIpc) is 3.30. The number of aryl methyl sites for hydroxylation is 2. The second-order valence-corrected chi connectivity index (χ2v) is 10.5. The Morgan fingerprint density at radius 2 is 1.46 bits per heavy atom. The Hall–Kier alpha value is -3.90. The van der Waals surface area contributed by atoms with E-state index < -0.39 is 0 Å². The van der Waals surface area contributed by atoms with Gasteiger partial charge < -0.3 is 10.2 Å². The molecule has 0 atom stereocenters. The Labute approximate surface area is 232 Å². The van der Waals surface area contributed by atoms with Gasteiger partial charge in [-0.1, -0.05) is 60.7 Å². The lowest BCUT2D eigenvalue weighted by Crippen LogP contribution is -2.47. The molecule has 0 bridgehead atoms. The zero-order valence-corrected chi connectivity index (χ0v) is 23.6. The summed E-state index contributed by atoms with van der Waals surface area (Å²) in [7, 11) is 0. The van der Waals surface area contributed by atoms with E-state index in [1.165, 1.54) is 16.8 Å². The van der Waals surface area contributed by atoms with Crippen molar-refractivity contribution in [2.24, 2.45) is 0 Å². The fourth-order valence-electron chi connectivity index (χ4n) is 5.49. The molecule has 1 aromatic heterocycles. The summed E-state index contributed by atoms with van der Waals surface area (Å²) in [6.07, 6.45) is 0.915. The summed E-state index contributed by atoms with van der Waals surface area (Å²) in [4.78, 5) is 23.1. The van der Waals surface area contributed by atoms with Gasteiger partial charge in [-0.3, -0.25) is 14.3 Å². The number of carbonyl (C=O) groups excluding carboxylic acids is 1. The minimum absolute atomic E-state index is 0.114. The van der Waals surface area contributed by atoms with Gasteiger partial charge in [0.2, 0.25) is 0 Å². The second-order valence-electron chi connectivity index (χ2n) is 10.5. The van der Waals surface area contributed by atoms with Gasteiger partial charge in [0.25, 0.3) is 5.91 Å². The van der Waals surface area contributed by atoms with E-state index in [9.17, 15) is 4.79 Å². The fourth-order valence-corrected chi connectivity index (χ4v) is 5.49. The predicted molar refractivity (Wildman–Crippen MR) is 160 cm³/mol. The van der Waals surface area contributed by atoms with E-state index in [2.05, 4.69) is 70.8 Å². The molecule has 1 amide bonds. The highest BCUT2D eigenvalue weighted by Crippen LogP contribution is 2.28. The molecular weight excluding hydrogens is 482 g/mol. The summed E-state index contributed by atoms with van der Waals surface area (Å²) < 4.78 is 2.11. The first-order valence-corrected chi connectivity index (χ1v) is 14.0. The zero-order valence-electron chi connectivity index (χ0n) is 23.6. The van der Waals surface area contributed by atoms with Crippen molar-refractivity contribution in [1.82, 2.24) is 19.8 Å². The average molecular weight is 522 g/mol. The SMILES string of the molecule is Cc1ccccc1-n1c(-c2ccccc2)nc(C(=O)NCCCN2CCN(c3cccc(C)c3C)CC2)c1C. The molecule has 6 nitrogen and oxygen atoms in total. The van der Waals surface area contributed by atoms with Crippen molar-refractivity contribution in [3.8, 4) is 17.1 Å². The van der Waals surface area contributed by atoms with Gasteiger partial charge in [-0.15, -0.1) is 0 Å². The minimum Gasteiger partial charge on any atom is -0.369 e. The normalized spacial score (nSPS) is 14.0. The van der Waals surface area contributed by atoms with Gasteiger partial charge in [0.15, 0.2) is 0 Å². The van der Waals surface area contributed by atoms with Crippen LogP contribution in [0, 0.1) is 27.7 Å². The standard InChI is InChI=1S/C33H39N5O/c1-24-13-10-17-30(26(24)3)37-22-20-36(21-23-37)19-11-18-34-33(39)31-27(4)38(29-16-9-8-12-25(29)2)32(35-31)28-14-6-5-7-15-28/h5-10,12-17H,11,18-23H2,1-4H3,(H,34,39). The lowest BCUT2D eigenvalue weighted by molar-refractivity contribution is 0.0946. The molecule has 1 aliphatic heterocycles. The molecule has 1 fully saturated rings. The lowest BCUT2D eigenvalue weighted by atomic mass is 10.1. The number of piperazine rings is 1. The quantitative estimate of drug-likeness (QED) is 0.302. The molecule has 5 rings (SSSR count). The summed E-state index contributed by atoms with van der Waals surface area (Å²) in [5.41, 5.74) is 8.59. The number of hydrogen-bond acceptors (Lipinski definition) is 4. The molecular formula is C33H39N5O. The van der Waals surface area contributed by atoms with E-state index in [0.29, 0.717) is 12.2 Å². The molecule has 1 saturated heterocycles. The number of aromatic nitrogens is 2. The van der Waals surface area contributed by atoms with Crippen LogP contribution >= 0.6 is 0 Å². The molecule has 39 heavy (non-hydrogen) atoms. The number of amides is 1. The van der Waals surface area contributed by atoms with Crippen molar-refractivity contribution in [3.63, 3.8) is 0 Å². The van der Waals surface area contributed by atoms with Crippen molar-refractivity contribution in [2.75, 3.05) is 44.2 Å². The molecule has 1 N–H and O–H groups in total. The number of nitrogens with one attached hydrogen (secondary N) is 1. The van der Waals surface area contributed by atoms with Crippen LogP contribution < -0.4 is 10.2 Å². The second kappa shape index (κ2) is 11.9. The number of imidazole rings is 1. The van der Waals surface area contributed by atoms with Crippen LogP contribution in [0.5, 0.6) is 0 Å². The molecule has 0 aliphatic carbocycles. The largest absolute Gasteiger partial charge is 0.369 e. The first-order chi connectivity index (χ1) is 18.9. The smallest absolute Gasteiger partial charge is 0.271 e. The summed E-state index contributed by atoms with van der Waals surface area (Å²) >= 11 is 0. The van der Waals surface area contributed by atoms with Crippen LogP contribution in [-0.2, 0) is 0 Å². The maximum Gasteiger partial charge on any atom is 0.271 e. The molecule has 202 valence electrons.